The van der Waals surface area contributed by atoms with Crippen LogP contribution in [0, 0.1) is 13.8 Å². The molecular weight excluding hydrogens is 524 g/mol. The zero-order valence-electron chi connectivity index (χ0n) is 23.1. The lowest BCUT2D eigenvalue weighted by Gasteiger charge is -2.18. The van der Waals surface area contributed by atoms with Crippen LogP contribution in [0.15, 0.2) is 54.7 Å². The molecule has 0 fully saturated rings. The van der Waals surface area contributed by atoms with Crippen molar-refractivity contribution in [2.45, 2.75) is 27.7 Å². The molecule has 2 aromatic heterocycles. The predicted octanol–water partition coefficient (Wildman–Crippen LogP) is 5.70. The van der Waals surface area contributed by atoms with E-state index in [0.717, 1.165) is 64.8 Å². The van der Waals surface area contributed by atoms with Crippen LogP contribution < -0.4 is 10.6 Å². The van der Waals surface area contributed by atoms with Crippen molar-refractivity contribution in [1.29, 1.82) is 0 Å². The van der Waals surface area contributed by atoms with Gasteiger partial charge in [0.2, 0.25) is 0 Å². The molecule has 0 radical (unpaired) electrons. The van der Waals surface area contributed by atoms with E-state index in [9.17, 15) is 9.59 Å². The van der Waals surface area contributed by atoms with E-state index in [-0.39, 0.29) is 11.8 Å². The number of carbonyl (C=O) groups is 2. The average Bonchev–Trinajstić information content (AvgIpc) is 3.63. The number of fused-ring (bicyclic) bond motifs is 1. The predicted molar refractivity (Wildman–Crippen MR) is 161 cm³/mol. The van der Waals surface area contributed by atoms with E-state index in [1.165, 1.54) is 0 Å². The topological polar surface area (TPSA) is 95.1 Å². The third-order valence-electron chi connectivity index (χ3n) is 7.41. The molecule has 0 unspecified atom stereocenters. The number of aromatic nitrogens is 3. The van der Waals surface area contributed by atoms with E-state index in [1.54, 1.807) is 6.20 Å². The van der Waals surface area contributed by atoms with Crippen molar-refractivity contribution in [3.63, 3.8) is 0 Å². The fourth-order valence-electron chi connectivity index (χ4n) is 5.16. The standard InChI is InChI=1S/C31H33ClN6O2/c1-5-37(6-2)16-15-33-31(40)29-19(3)27(35-20(29)4)18-25-24-17-21(7-12-26(24)36-30(25)39)28-13-14-34-38(28)23-10-8-22(32)9-11-23/h7-14,17-18,35H,5-6,15-16H2,1-4H3,(H,33,40)(H,36,39)/b25-18-. The molecular formula is C31H33ClN6O2. The van der Waals surface area contributed by atoms with Crippen LogP contribution >= 0.6 is 11.6 Å². The molecule has 0 aliphatic carbocycles. The number of carbonyl (C=O) groups excluding carboxylic acids is 2. The third kappa shape index (κ3) is 5.33. The van der Waals surface area contributed by atoms with Crippen molar-refractivity contribution < 1.29 is 9.59 Å². The zero-order valence-corrected chi connectivity index (χ0v) is 23.9. The number of rotatable bonds is 9. The molecule has 0 saturated carbocycles. The molecule has 0 bridgehead atoms. The fourth-order valence-corrected chi connectivity index (χ4v) is 5.29. The number of amides is 2. The van der Waals surface area contributed by atoms with Crippen molar-refractivity contribution in [3.8, 4) is 16.9 Å². The number of nitrogens with one attached hydrogen (secondary N) is 3. The normalized spacial score (nSPS) is 13.7. The first-order valence-electron chi connectivity index (χ1n) is 13.5. The molecule has 2 amide bonds. The molecule has 9 heteroatoms. The molecule has 206 valence electrons. The minimum absolute atomic E-state index is 0.114. The van der Waals surface area contributed by atoms with Gasteiger partial charge in [-0.15, -0.1) is 0 Å². The van der Waals surface area contributed by atoms with E-state index >= 15 is 0 Å². The minimum atomic E-state index is -0.185. The number of aryl methyl sites for hydroxylation is 1. The van der Waals surface area contributed by atoms with Crippen LogP contribution in [0.3, 0.4) is 0 Å². The van der Waals surface area contributed by atoms with Gasteiger partial charge >= 0.3 is 0 Å². The van der Waals surface area contributed by atoms with Gasteiger partial charge in [0.1, 0.15) is 0 Å². The summed E-state index contributed by atoms with van der Waals surface area (Å²) in [4.78, 5) is 31.7. The summed E-state index contributed by atoms with van der Waals surface area (Å²) >= 11 is 6.07. The van der Waals surface area contributed by atoms with Crippen molar-refractivity contribution in [2.24, 2.45) is 0 Å². The second-order valence-electron chi connectivity index (χ2n) is 9.82. The van der Waals surface area contributed by atoms with E-state index in [4.69, 9.17) is 11.6 Å². The van der Waals surface area contributed by atoms with E-state index in [0.29, 0.717) is 22.7 Å². The first-order valence-corrected chi connectivity index (χ1v) is 13.9. The lowest BCUT2D eigenvalue weighted by molar-refractivity contribution is -0.110. The summed E-state index contributed by atoms with van der Waals surface area (Å²) in [6.07, 6.45) is 3.58. The first-order chi connectivity index (χ1) is 19.3. The Hall–Kier alpha value is -4.14. The van der Waals surface area contributed by atoms with Gasteiger partial charge in [-0.1, -0.05) is 31.5 Å². The van der Waals surface area contributed by atoms with Crippen molar-refractivity contribution >= 4 is 40.8 Å². The smallest absolute Gasteiger partial charge is 0.256 e. The second kappa shape index (κ2) is 11.5. The van der Waals surface area contributed by atoms with Crippen LogP contribution in [0.4, 0.5) is 5.69 Å². The number of H-pyrrole nitrogens is 1. The lowest BCUT2D eigenvalue weighted by atomic mass is 10.0. The minimum Gasteiger partial charge on any atom is -0.358 e. The van der Waals surface area contributed by atoms with Crippen LogP contribution in [-0.2, 0) is 4.79 Å². The molecule has 0 atom stereocenters. The molecule has 2 aromatic carbocycles. The highest BCUT2D eigenvalue weighted by molar-refractivity contribution is 6.35. The number of likely N-dealkylation sites (N-methyl/N-ethyl adjacent to an activating group) is 1. The van der Waals surface area contributed by atoms with Crippen LogP contribution in [0.25, 0.3) is 28.6 Å². The largest absolute Gasteiger partial charge is 0.358 e. The van der Waals surface area contributed by atoms with Crippen LogP contribution in [0.5, 0.6) is 0 Å². The monoisotopic (exact) mass is 556 g/mol. The molecule has 1 aliphatic rings. The van der Waals surface area contributed by atoms with Gasteiger partial charge in [-0.05, 0) is 81.0 Å². The molecule has 3 N–H and O–H groups in total. The summed E-state index contributed by atoms with van der Waals surface area (Å²) in [5.41, 5.74) is 7.69. The first kappa shape index (κ1) is 27.4. The number of halogens is 1. The van der Waals surface area contributed by atoms with Gasteiger partial charge in [-0.25, -0.2) is 4.68 Å². The number of nitrogens with zero attached hydrogens (tertiary/aromatic N) is 3. The highest BCUT2D eigenvalue weighted by atomic mass is 35.5. The Morgan fingerprint density at radius 1 is 1.10 bits per heavy atom. The molecule has 40 heavy (non-hydrogen) atoms. The highest BCUT2D eigenvalue weighted by Crippen LogP contribution is 2.37. The molecule has 0 saturated heterocycles. The summed E-state index contributed by atoms with van der Waals surface area (Å²) in [6.45, 7) is 11.3. The Balaban J connectivity index is 1.44. The Labute approximate surface area is 239 Å². The highest BCUT2D eigenvalue weighted by Gasteiger charge is 2.26. The molecule has 3 heterocycles. The quantitative estimate of drug-likeness (QED) is 0.230. The van der Waals surface area contributed by atoms with Crippen molar-refractivity contribution in [3.05, 3.63) is 87.8 Å². The summed E-state index contributed by atoms with van der Waals surface area (Å²) in [5.74, 6) is -0.299. The van der Waals surface area contributed by atoms with Gasteiger partial charge < -0.3 is 20.5 Å². The number of anilines is 1. The van der Waals surface area contributed by atoms with Gasteiger partial charge in [-0.2, -0.15) is 5.10 Å². The Kier molecular flexibility index (Phi) is 7.91. The SMILES string of the molecule is CCN(CC)CCNC(=O)c1c(C)[nH]c(/C=C2\C(=O)Nc3ccc(-c4ccnn4-c4ccc(Cl)cc4)cc32)c1C. The number of benzene rings is 2. The summed E-state index contributed by atoms with van der Waals surface area (Å²) in [7, 11) is 0. The van der Waals surface area contributed by atoms with Crippen LogP contribution in [-0.4, -0.2) is 57.7 Å². The molecule has 0 spiro atoms. The summed E-state index contributed by atoms with van der Waals surface area (Å²) < 4.78 is 1.84. The maximum Gasteiger partial charge on any atom is 0.256 e. The van der Waals surface area contributed by atoms with Gasteiger partial charge in [0, 0.05) is 46.3 Å². The number of aromatic amines is 1. The molecule has 1 aliphatic heterocycles. The van der Waals surface area contributed by atoms with E-state index < -0.39 is 0 Å². The number of hydrogen-bond acceptors (Lipinski definition) is 4. The molecule has 8 nitrogen and oxygen atoms in total. The lowest BCUT2D eigenvalue weighted by Crippen LogP contribution is -2.35. The maximum atomic E-state index is 13.0. The van der Waals surface area contributed by atoms with Crippen LogP contribution in [0.2, 0.25) is 5.02 Å². The zero-order chi connectivity index (χ0) is 28.4. The Morgan fingerprint density at radius 2 is 1.85 bits per heavy atom. The van der Waals surface area contributed by atoms with Crippen LogP contribution in [0.1, 0.15) is 46.7 Å². The van der Waals surface area contributed by atoms with Crippen molar-refractivity contribution in [2.75, 3.05) is 31.5 Å². The molecule has 4 aromatic rings. The van der Waals surface area contributed by atoms with E-state index in [1.807, 2.05) is 73.1 Å². The van der Waals surface area contributed by atoms with Gasteiger partial charge in [-0.3, -0.25) is 9.59 Å². The van der Waals surface area contributed by atoms with Gasteiger partial charge in [0.15, 0.2) is 0 Å². The van der Waals surface area contributed by atoms with Gasteiger partial charge in [0.25, 0.3) is 11.8 Å². The molecule has 5 rings (SSSR count). The average molecular weight is 557 g/mol. The Bertz CT molecular complexity index is 1590. The van der Waals surface area contributed by atoms with Gasteiger partial charge in [0.05, 0.1) is 28.7 Å². The summed E-state index contributed by atoms with van der Waals surface area (Å²) in [5, 5.41) is 11.2. The van der Waals surface area contributed by atoms with Crippen molar-refractivity contribution in [1.82, 2.24) is 25.0 Å². The van der Waals surface area contributed by atoms with E-state index in [2.05, 4.69) is 39.5 Å². The Morgan fingerprint density at radius 3 is 2.58 bits per heavy atom. The maximum absolute atomic E-state index is 13.0. The number of hydrogen-bond donors (Lipinski definition) is 3. The summed E-state index contributed by atoms with van der Waals surface area (Å²) in [6, 6.07) is 15.3. The third-order valence-corrected chi connectivity index (χ3v) is 7.66. The fraction of sp³-hybridized carbons (Fsp3) is 0.258. The second-order valence-corrected chi connectivity index (χ2v) is 10.3.